The molecule has 0 saturated heterocycles. The van der Waals surface area contributed by atoms with Crippen LogP contribution < -0.4 is 10.1 Å². The summed E-state index contributed by atoms with van der Waals surface area (Å²) >= 11 is 0. The van der Waals surface area contributed by atoms with E-state index in [2.05, 4.69) is 23.3 Å². The van der Waals surface area contributed by atoms with Crippen molar-refractivity contribution in [2.45, 2.75) is 31.9 Å². The van der Waals surface area contributed by atoms with Crippen molar-refractivity contribution >= 4 is 23.4 Å². The highest BCUT2D eigenvalue weighted by Crippen LogP contribution is 2.33. The van der Waals surface area contributed by atoms with Crippen LogP contribution >= 0.6 is 0 Å². The number of non-ortho nitro benzene ring substituents is 1. The fraction of sp³-hybridized carbons (Fsp3) is 0.348. The molecule has 8 heteroatoms. The molecule has 0 unspecified atom stereocenters. The largest absolute Gasteiger partial charge is 0.467 e. The number of benzene rings is 2. The van der Waals surface area contributed by atoms with Gasteiger partial charge in [0.05, 0.1) is 11.5 Å². The van der Waals surface area contributed by atoms with Crippen molar-refractivity contribution in [1.29, 1.82) is 0 Å². The van der Waals surface area contributed by atoms with Crippen LogP contribution in [0.25, 0.3) is 6.08 Å². The van der Waals surface area contributed by atoms with Gasteiger partial charge in [-0.1, -0.05) is 12.1 Å². The van der Waals surface area contributed by atoms with Gasteiger partial charge in [-0.25, -0.2) is 0 Å². The lowest BCUT2D eigenvalue weighted by molar-refractivity contribution is -0.385. The van der Waals surface area contributed by atoms with Crippen molar-refractivity contribution in [1.82, 2.24) is 4.90 Å². The summed E-state index contributed by atoms with van der Waals surface area (Å²) in [7, 11) is 2.15. The topological polar surface area (TPSA) is 93.9 Å². The normalized spacial score (nSPS) is 15.5. The van der Waals surface area contributed by atoms with E-state index in [4.69, 9.17) is 9.47 Å². The average molecular weight is 423 g/mol. The van der Waals surface area contributed by atoms with Crippen LogP contribution in [0.4, 0.5) is 11.4 Å². The Labute approximate surface area is 180 Å². The van der Waals surface area contributed by atoms with E-state index in [0.717, 1.165) is 24.6 Å². The van der Waals surface area contributed by atoms with Crippen LogP contribution in [0.3, 0.4) is 0 Å². The van der Waals surface area contributed by atoms with Gasteiger partial charge in [0.1, 0.15) is 5.75 Å². The molecule has 2 aliphatic rings. The molecule has 1 fully saturated rings. The zero-order valence-electron chi connectivity index (χ0n) is 17.4. The van der Waals surface area contributed by atoms with Crippen molar-refractivity contribution in [2.24, 2.45) is 0 Å². The predicted molar refractivity (Wildman–Crippen MR) is 117 cm³/mol. The maximum Gasteiger partial charge on any atom is 0.270 e. The van der Waals surface area contributed by atoms with Gasteiger partial charge in [-0.05, 0) is 50.1 Å². The lowest BCUT2D eigenvalue weighted by atomic mass is 10.1. The molecule has 31 heavy (non-hydrogen) atoms. The van der Waals surface area contributed by atoms with Crippen molar-refractivity contribution in [3.8, 4) is 5.75 Å². The van der Waals surface area contributed by atoms with E-state index in [0.29, 0.717) is 22.6 Å². The number of carbonyl (C=O) groups is 1. The number of fused-ring (bicyclic) bond motifs is 1. The summed E-state index contributed by atoms with van der Waals surface area (Å²) in [6.45, 7) is 1.29. The summed E-state index contributed by atoms with van der Waals surface area (Å²) < 4.78 is 10.7. The van der Waals surface area contributed by atoms with Gasteiger partial charge in [0.25, 0.3) is 5.69 Å². The highest BCUT2D eigenvalue weighted by molar-refractivity contribution is 6.02. The first-order valence-electron chi connectivity index (χ1n) is 10.3. The molecule has 162 valence electrons. The Hall–Kier alpha value is -3.23. The van der Waals surface area contributed by atoms with Crippen LogP contribution in [0.2, 0.25) is 0 Å². The number of carbonyl (C=O) groups excluding carboxylic acids is 1. The summed E-state index contributed by atoms with van der Waals surface area (Å²) in [5.41, 5.74) is 2.86. The monoisotopic (exact) mass is 423 g/mol. The summed E-state index contributed by atoms with van der Waals surface area (Å²) in [4.78, 5) is 25.5. The number of ether oxygens (including phenoxy) is 2. The van der Waals surface area contributed by atoms with Gasteiger partial charge in [0.2, 0.25) is 5.91 Å². The Kier molecular flexibility index (Phi) is 6.29. The van der Waals surface area contributed by atoms with Crippen LogP contribution in [-0.4, -0.2) is 42.2 Å². The molecule has 1 saturated carbocycles. The van der Waals surface area contributed by atoms with Crippen molar-refractivity contribution in [2.75, 3.05) is 25.7 Å². The summed E-state index contributed by atoms with van der Waals surface area (Å²) in [5, 5.41) is 14.1. The molecule has 1 aliphatic heterocycles. The number of anilines is 1. The molecule has 2 aromatic rings. The molecule has 8 nitrogen and oxygen atoms in total. The number of hydrogen-bond donors (Lipinski definition) is 1. The fourth-order valence-corrected chi connectivity index (χ4v) is 3.62. The van der Waals surface area contributed by atoms with E-state index in [1.807, 2.05) is 18.2 Å². The summed E-state index contributed by atoms with van der Waals surface area (Å²) in [6, 6.07) is 11.3. The Morgan fingerprint density at radius 1 is 1.32 bits per heavy atom. The third kappa shape index (κ3) is 5.48. The zero-order valence-corrected chi connectivity index (χ0v) is 17.4. The van der Waals surface area contributed by atoms with Crippen LogP contribution in [0.1, 0.15) is 29.5 Å². The highest BCUT2D eigenvalue weighted by Gasteiger charge is 2.25. The third-order valence-electron chi connectivity index (χ3n) is 5.47. The smallest absolute Gasteiger partial charge is 0.270 e. The standard InChI is InChI=1S/C23H25N3O5/c1-25(20-6-7-20)10-9-16-3-2-4-19(11-16)24-22(27)8-5-17-12-21(26(28)29)13-18-14-30-15-31-23(17)18/h2-5,8,11-13,20H,6-7,9-10,14-15H2,1H3,(H,24,27)/b8-5+. The molecule has 4 rings (SSSR count). The first-order chi connectivity index (χ1) is 15.0. The maximum atomic E-state index is 12.4. The molecule has 1 amide bonds. The third-order valence-corrected chi connectivity index (χ3v) is 5.47. The molecule has 0 spiro atoms. The second-order valence-corrected chi connectivity index (χ2v) is 7.88. The van der Waals surface area contributed by atoms with Gasteiger partial charge in [-0.15, -0.1) is 0 Å². The number of rotatable bonds is 8. The number of likely N-dealkylation sites (N-methyl/N-ethyl adjacent to an activating group) is 1. The van der Waals surface area contributed by atoms with E-state index >= 15 is 0 Å². The molecule has 1 heterocycles. The van der Waals surface area contributed by atoms with Gasteiger partial charge in [0.15, 0.2) is 6.79 Å². The molecule has 1 N–H and O–H groups in total. The fourth-order valence-electron chi connectivity index (χ4n) is 3.62. The molecule has 0 aromatic heterocycles. The molecule has 1 aliphatic carbocycles. The van der Waals surface area contributed by atoms with Gasteiger partial charge in [0, 0.05) is 47.6 Å². The van der Waals surface area contributed by atoms with Gasteiger partial charge < -0.3 is 19.7 Å². The Bertz CT molecular complexity index is 1020. The van der Waals surface area contributed by atoms with E-state index in [1.54, 1.807) is 0 Å². The van der Waals surface area contributed by atoms with E-state index < -0.39 is 4.92 Å². The number of amides is 1. The number of nitro benzene ring substituents is 1. The zero-order chi connectivity index (χ0) is 21.8. The van der Waals surface area contributed by atoms with Crippen LogP contribution in [-0.2, 0) is 22.6 Å². The number of hydrogen-bond acceptors (Lipinski definition) is 6. The second kappa shape index (κ2) is 9.28. The van der Waals surface area contributed by atoms with Crippen LogP contribution in [0, 0.1) is 10.1 Å². The summed E-state index contributed by atoms with van der Waals surface area (Å²) in [6.07, 6.45) is 6.37. The Morgan fingerprint density at radius 2 is 2.16 bits per heavy atom. The first-order valence-corrected chi connectivity index (χ1v) is 10.3. The van der Waals surface area contributed by atoms with Crippen LogP contribution in [0.5, 0.6) is 5.75 Å². The van der Waals surface area contributed by atoms with E-state index in [-0.39, 0.29) is 25.0 Å². The number of nitro groups is 1. The molecule has 0 bridgehead atoms. The Balaban J connectivity index is 1.42. The van der Waals surface area contributed by atoms with Gasteiger partial charge in [-0.2, -0.15) is 0 Å². The average Bonchev–Trinajstić information content (AvgIpc) is 3.61. The van der Waals surface area contributed by atoms with Crippen LogP contribution in [0.15, 0.2) is 42.5 Å². The minimum absolute atomic E-state index is 0.0700. The molecule has 0 atom stereocenters. The molecule has 2 aromatic carbocycles. The maximum absolute atomic E-state index is 12.4. The van der Waals surface area contributed by atoms with Crippen molar-refractivity contribution < 1.29 is 19.2 Å². The van der Waals surface area contributed by atoms with Crippen molar-refractivity contribution in [3.63, 3.8) is 0 Å². The highest BCUT2D eigenvalue weighted by atomic mass is 16.7. The predicted octanol–water partition coefficient (Wildman–Crippen LogP) is 3.75. The van der Waals surface area contributed by atoms with Gasteiger partial charge in [-0.3, -0.25) is 14.9 Å². The van der Waals surface area contributed by atoms with E-state index in [9.17, 15) is 14.9 Å². The molecular weight excluding hydrogens is 398 g/mol. The lowest BCUT2D eigenvalue weighted by Gasteiger charge is -2.19. The SMILES string of the molecule is CN(CCc1cccc(NC(=O)/C=C/c2cc([N+](=O)[O-])cc3c2OCOC3)c1)C1CC1. The molecule has 0 radical (unpaired) electrons. The minimum Gasteiger partial charge on any atom is -0.467 e. The quantitative estimate of drug-likeness (QED) is 0.395. The van der Waals surface area contributed by atoms with Gasteiger partial charge >= 0.3 is 0 Å². The summed E-state index contributed by atoms with van der Waals surface area (Å²) in [5.74, 6) is 0.183. The lowest BCUT2D eigenvalue weighted by Crippen LogP contribution is -2.23. The number of nitrogens with one attached hydrogen (secondary N) is 1. The van der Waals surface area contributed by atoms with E-state index in [1.165, 1.54) is 37.1 Å². The molecular formula is C23H25N3O5. The minimum atomic E-state index is -0.474. The number of nitrogens with zero attached hydrogens (tertiary/aromatic N) is 2. The second-order valence-electron chi connectivity index (χ2n) is 7.88. The first kappa shape index (κ1) is 21.0. The Morgan fingerprint density at radius 3 is 2.94 bits per heavy atom. The van der Waals surface area contributed by atoms with Crippen molar-refractivity contribution in [3.05, 3.63) is 69.3 Å².